The predicted octanol–water partition coefficient (Wildman–Crippen LogP) is 3.12. The Hall–Kier alpha value is -3.61. The van der Waals surface area contributed by atoms with Gasteiger partial charge in [-0.2, -0.15) is 0 Å². The van der Waals surface area contributed by atoms with Crippen LogP contribution in [0, 0.1) is 13.8 Å². The third kappa shape index (κ3) is 6.21. The summed E-state index contributed by atoms with van der Waals surface area (Å²) in [6.07, 6.45) is 2.10. The number of carbonyl (C=O) groups excluding carboxylic acids is 2. The van der Waals surface area contributed by atoms with E-state index < -0.39 is 5.91 Å². The van der Waals surface area contributed by atoms with Crippen molar-refractivity contribution < 1.29 is 18.7 Å². The van der Waals surface area contributed by atoms with Gasteiger partial charge >= 0.3 is 0 Å². The molecule has 3 rings (SSSR count). The first-order valence-corrected chi connectivity index (χ1v) is 9.28. The van der Waals surface area contributed by atoms with Crippen molar-refractivity contribution in [3.05, 3.63) is 71.7 Å². The molecule has 3 aromatic rings. The van der Waals surface area contributed by atoms with Gasteiger partial charge in [0.25, 0.3) is 5.91 Å². The number of carbonyl (C=O) groups is 2. The Balaban J connectivity index is 1.38. The normalized spacial score (nSPS) is 10.4. The highest BCUT2D eigenvalue weighted by Gasteiger charge is 2.10. The lowest BCUT2D eigenvalue weighted by atomic mass is 10.1. The third-order valence-electron chi connectivity index (χ3n) is 4.19. The molecule has 0 saturated carbocycles. The molecular formula is C22H23N3O4. The van der Waals surface area contributed by atoms with E-state index in [0.29, 0.717) is 23.8 Å². The smallest absolute Gasteiger partial charge is 0.276 e. The fraction of sp³-hybridized carbons (Fsp3) is 0.227. The van der Waals surface area contributed by atoms with Crippen LogP contribution in [0.2, 0.25) is 0 Å². The van der Waals surface area contributed by atoms with Gasteiger partial charge in [-0.1, -0.05) is 47.5 Å². The minimum Gasteiger partial charge on any atom is -0.484 e. The van der Waals surface area contributed by atoms with Gasteiger partial charge in [0.15, 0.2) is 18.3 Å². The highest BCUT2D eigenvalue weighted by Crippen LogP contribution is 2.21. The molecule has 1 heterocycles. The number of nitrogens with one attached hydrogen (secondary N) is 2. The molecule has 7 nitrogen and oxygen atoms in total. The zero-order valence-corrected chi connectivity index (χ0v) is 16.4. The van der Waals surface area contributed by atoms with E-state index in [0.717, 1.165) is 16.7 Å². The van der Waals surface area contributed by atoms with Crippen molar-refractivity contribution in [3.63, 3.8) is 0 Å². The minimum atomic E-state index is -0.447. The molecule has 0 saturated heterocycles. The van der Waals surface area contributed by atoms with Gasteiger partial charge in [0, 0.05) is 18.4 Å². The number of hydrazine groups is 1. The Labute approximate surface area is 169 Å². The van der Waals surface area contributed by atoms with E-state index in [1.54, 1.807) is 18.3 Å². The van der Waals surface area contributed by atoms with Crippen LogP contribution in [0.4, 0.5) is 0 Å². The molecule has 0 spiro atoms. The van der Waals surface area contributed by atoms with Gasteiger partial charge in [-0.05, 0) is 26.0 Å². The summed E-state index contributed by atoms with van der Waals surface area (Å²) in [5.41, 5.74) is 7.87. The zero-order valence-electron chi connectivity index (χ0n) is 16.4. The number of hydrogen-bond acceptors (Lipinski definition) is 5. The van der Waals surface area contributed by atoms with E-state index in [9.17, 15) is 9.59 Å². The second-order valence-corrected chi connectivity index (χ2v) is 6.68. The molecule has 2 amide bonds. The van der Waals surface area contributed by atoms with Crippen LogP contribution in [0.15, 0.2) is 59.1 Å². The van der Waals surface area contributed by atoms with Gasteiger partial charge in [-0.25, -0.2) is 4.98 Å². The number of benzene rings is 2. The lowest BCUT2D eigenvalue weighted by Gasteiger charge is -2.08. The number of nitrogens with zero attached hydrogens (tertiary/aromatic N) is 1. The Morgan fingerprint density at radius 1 is 0.931 bits per heavy atom. The van der Waals surface area contributed by atoms with Crippen molar-refractivity contribution in [3.8, 4) is 17.1 Å². The van der Waals surface area contributed by atoms with E-state index >= 15 is 0 Å². The summed E-state index contributed by atoms with van der Waals surface area (Å²) in [5.74, 6) is 0.914. The lowest BCUT2D eigenvalue weighted by molar-refractivity contribution is -0.130. The van der Waals surface area contributed by atoms with Crippen LogP contribution in [0.1, 0.15) is 23.4 Å². The van der Waals surface area contributed by atoms with Gasteiger partial charge in [-0.3, -0.25) is 20.4 Å². The predicted molar refractivity (Wildman–Crippen MR) is 108 cm³/mol. The van der Waals surface area contributed by atoms with Crippen LogP contribution in [-0.4, -0.2) is 23.4 Å². The SMILES string of the molecule is Cc1ccc(OCC(=O)NNC(=O)CCc2ncc(-c3ccc(C)cc3)o2)cc1. The number of hydrogen-bond donors (Lipinski definition) is 2. The van der Waals surface area contributed by atoms with Crippen LogP contribution < -0.4 is 15.6 Å². The molecular weight excluding hydrogens is 370 g/mol. The van der Waals surface area contributed by atoms with Crippen molar-refractivity contribution in [1.29, 1.82) is 0 Å². The fourth-order valence-corrected chi connectivity index (χ4v) is 2.52. The maximum absolute atomic E-state index is 11.9. The number of amides is 2. The van der Waals surface area contributed by atoms with E-state index in [2.05, 4.69) is 15.8 Å². The molecule has 0 radical (unpaired) electrons. The number of oxazole rings is 1. The number of rotatable bonds is 7. The van der Waals surface area contributed by atoms with Gasteiger partial charge in [0.05, 0.1) is 6.20 Å². The number of aryl methyl sites for hydroxylation is 3. The largest absolute Gasteiger partial charge is 0.484 e. The average molecular weight is 393 g/mol. The molecule has 0 aliphatic heterocycles. The molecule has 0 atom stereocenters. The van der Waals surface area contributed by atoms with Crippen molar-refractivity contribution in [2.24, 2.45) is 0 Å². The molecule has 2 aromatic carbocycles. The highest BCUT2D eigenvalue weighted by molar-refractivity contribution is 5.82. The van der Waals surface area contributed by atoms with E-state index in [1.165, 1.54) is 0 Å². The second kappa shape index (κ2) is 9.54. The average Bonchev–Trinajstić information content (AvgIpc) is 3.20. The molecule has 2 N–H and O–H groups in total. The molecule has 0 aliphatic rings. The quantitative estimate of drug-likeness (QED) is 0.602. The Morgan fingerprint density at radius 3 is 2.24 bits per heavy atom. The highest BCUT2D eigenvalue weighted by atomic mass is 16.5. The molecule has 7 heteroatoms. The molecule has 150 valence electrons. The van der Waals surface area contributed by atoms with E-state index in [1.807, 2.05) is 50.2 Å². The Kier molecular flexibility index (Phi) is 6.63. The third-order valence-corrected chi connectivity index (χ3v) is 4.19. The summed E-state index contributed by atoms with van der Waals surface area (Å²) in [7, 11) is 0. The summed E-state index contributed by atoms with van der Waals surface area (Å²) in [6.45, 7) is 3.79. The van der Waals surface area contributed by atoms with Gasteiger partial charge in [0.1, 0.15) is 5.75 Å². The molecule has 1 aromatic heterocycles. The van der Waals surface area contributed by atoms with Crippen molar-refractivity contribution in [2.45, 2.75) is 26.7 Å². The maximum Gasteiger partial charge on any atom is 0.276 e. The first-order valence-electron chi connectivity index (χ1n) is 9.28. The number of aromatic nitrogens is 1. The monoisotopic (exact) mass is 393 g/mol. The Bertz CT molecular complexity index is 962. The van der Waals surface area contributed by atoms with Gasteiger partial charge in [-0.15, -0.1) is 0 Å². The summed E-state index contributed by atoms with van der Waals surface area (Å²) < 4.78 is 11.0. The molecule has 0 unspecified atom stereocenters. The van der Waals surface area contributed by atoms with Crippen LogP contribution in [0.5, 0.6) is 5.75 Å². The zero-order chi connectivity index (χ0) is 20.6. The first kappa shape index (κ1) is 20.1. The van der Waals surface area contributed by atoms with Crippen LogP contribution >= 0.6 is 0 Å². The summed E-state index contributed by atoms with van der Waals surface area (Å²) in [5, 5.41) is 0. The van der Waals surface area contributed by atoms with Crippen molar-refractivity contribution in [2.75, 3.05) is 6.61 Å². The summed E-state index contributed by atoms with van der Waals surface area (Å²) in [6, 6.07) is 15.3. The minimum absolute atomic E-state index is 0.132. The molecule has 29 heavy (non-hydrogen) atoms. The van der Waals surface area contributed by atoms with E-state index in [4.69, 9.17) is 9.15 Å². The second-order valence-electron chi connectivity index (χ2n) is 6.68. The summed E-state index contributed by atoms with van der Waals surface area (Å²) in [4.78, 5) is 27.9. The van der Waals surface area contributed by atoms with E-state index in [-0.39, 0.29) is 18.9 Å². The van der Waals surface area contributed by atoms with Crippen molar-refractivity contribution in [1.82, 2.24) is 15.8 Å². The summed E-state index contributed by atoms with van der Waals surface area (Å²) >= 11 is 0. The first-order chi connectivity index (χ1) is 14.0. The van der Waals surface area contributed by atoms with Crippen LogP contribution in [0.3, 0.4) is 0 Å². The van der Waals surface area contributed by atoms with Crippen molar-refractivity contribution >= 4 is 11.8 Å². The fourth-order valence-electron chi connectivity index (χ4n) is 2.52. The van der Waals surface area contributed by atoms with Gasteiger partial charge < -0.3 is 9.15 Å². The standard InChI is InChI=1S/C22H23N3O4/c1-15-3-7-17(8-4-15)19-13-23-22(29-19)12-11-20(26)24-25-21(27)14-28-18-9-5-16(2)6-10-18/h3-10,13H,11-12,14H2,1-2H3,(H,24,26)(H,25,27). The van der Waals surface area contributed by atoms with Crippen LogP contribution in [0.25, 0.3) is 11.3 Å². The molecule has 0 aliphatic carbocycles. The number of ether oxygens (including phenoxy) is 1. The molecule has 0 bridgehead atoms. The van der Waals surface area contributed by atoms with Gasteiger partial charge in [0.2, 0.25) is 5.91 Å². The topological polar surface area (TPSA) is 93.5 Å². The Morgan fingerprint density at radius 2 is 1.55 bits per heavy atom. The lowest BCUT2D eigenvalue weighted by Crippen LogP contribution is -2.43. The maximum atomic E-state index is 11.9. The van der Waals surface area contributed by atoms with Crippen LogP contribution in [-0.2, 0) is 16.0 Å². The molecule has 0 fully saturated rings.